The second kappa shape index (κ2) is 16.6. The largest absolute Gasteiger partial charge is 0.496 e. The lowest BCUT2D eigenvalue weighted by Gasteiger charge is -2.39. The zero-order valence-corrected chi connectivity index (χ0v) is 27.5. The van der Waals surface area contributed by atoms with Gasteiger partial charge in [-0.3, -0.25) is 0 Å². The molecule has 0 amide bonds. The Bertz CT molecular complexity index is 846. The quantitative estimate of drug-likeness (QED) is 0.209. The molecule has 1 aromatic rings. The van der Waals surface area contributed by atoms with Crippen LogP contribution in [0.3, 0.4) is 0 Å². The monoisotopic (exact) mass is 551 g/mol. The highest BCUT2D eigenvalue weighted by Gasteiger charge is 2.34. The summed E-state index contributed by atoms with van der Waals surface area (Å²) in [6, 6.07) is 2.69. The third-order valence-electron chi connectivity index (χ3n) is 11.7. The van der Waals surface area contributed by atoms with E-state index in [-0.39, 0.29) is 0 Å². The van der Waals surface area contributed by atoms with Gasteiger partial charge in [0.1, 0.15) is 5.75 Å². The van der Waals surface area contributed by atoms with E-state index in [0.29, 0.717) is 5.92 Å². The van der Waals surface area contributed by atoms with Gasteiger partial charge in [-0.2, -0.15) is 0 Å². The van der Waals surface area contributed by atoms with Gasteiger partial charge in [0.25, 0.3) is 0 Å². The smallest absolute Gasteiger partial charge is 0.125 e. The van der Waals surface area contributed by atoms with Gasteiger partial charge in [-0.15, -0.1) is 0 Å². The van der Waals surface area contributed by atoms with Crippen LogP contribution < -0.4 is 4.74 Å². The highest BCUT2D eigenvalue weighted by molar-refractivity contribution is 5.54. The van der Waals surface area contributed by atoms with Crippen molar-refractivity contribution in [1.82, 2.24) is 0 Å². The van der Waals surface area contributed by atoms with Crippen LogP contribution in [0.1, 0.15) is 190 Å². The van der Waals surface area contributed by atoms with Crippen LogP contribution in [-0.4, -0.2) is 7.11 Å². The van der Waals surface area contributed by atoms with E-state index in [9.17, 15) is 0 Å². The number of aryl methyl sites for hydroxylation is 1. The molecular formula is C39H66O. The summed E-state index contributed by atoms with van der Waals surface area (Å²) < 4.78 is 6.41. The molecule has 3 fully saturated rings. The van der Waals surface area contributed by atoms with Crippen LogP contribution in [0, 0.1) is 23.7 Å². The summed E-state index contributed by atoms with van der Waals surface area (Å²) in [6.45, 7) is 9.47. The van der Waals surface area contributed by atoms with Gasteiger partial charge in [0, 0.05) is 0 Å². The molecule has 0 heterocycles. The molecule has 0 aliphatic heterocycles. The fourth-order valence-corrected chi connectivity index (χ4v) is 9.53. The van der Waals surface area contributed by atoms with Crippen LogP contribution in [0.15, 0.2) is 6.07 Å². The van der Waals surface area contributed by atoms with Crippen LogP contribution >= 0.6 is 0 Å². The molecule has 0 unspecified atom stereocenters. The number of hydrogen-bond acceptors (Lipinski definition) is 1. The van der Waals surface area contributed by atoms with E-state index >= 15 is 0 Å². The third kappa shape index (κ3) is 8.10. The van der Waals surface area contributed by atoms with E-state index in [4.69, 9.17) is 4.74 Å². The van der Waals surface area contributed by atoms with E-state index in [1.807, 2.05) is 7.11 Å². The van der Waals surface area contributed by atoms with Crippen molar-refractivity contribution in [2.75, 3.05) is 7.11 Å². The molecule has 0 bridgehead atoms. The van der Waals surface area contributed by atoms with E-state index < -0.39 is 0 Å². The molecule has 0 aromatic heterocycles. The normalized spacial score (nSPS) is 29.4. The Kier molecular flexibility index (Phi) is 13.3. The maximum Gasteiger partial charge on any atom is 0.125 e. The molecule has 3 saturated carbocycles. The summed E-state index contributed by atoms with van der Waals surface area (Å²) >= 11 is 0. The topological polar surface area (TPSA) is 9.23 Å². The number of unbranched alkanes of at least 4 members (excludes halogenated alkanes) is 2. The van der Waals surface area contributed by atoms with Gasteiger partial charge in [-0.1, -0.05) is 98.0 Å². The highest BCUT2D eigenvalue weighted by atomic mass is 16.5. The Hall–Kier alpha value is -0.980. The zero-order valence-electron chi connectivity index (χ0n) is 27.5. The van der Waals surface area contributed by atoms with E-state index in [1.165, 1.54) is 147 Å². The van der Waals surface area contributed by atoms with E-state index in [1.54, 1.807) is 22.3 Å². The van der Waals surface area contributed by atoms with E-state index in [2.05, 4.69) is 33.8 Å². The number of ether oxygens (including phenoxy) is 1. The van der Waals surface area contributed by atoms with Gasteiger partial charge < -0.3 is 4.74 Å². The van der Waals surface area contributed by atoms with Gasteiger partial charge in [0.15, 0.2) is 0 Å². The van der Waals surface area contributed by atoms with Crippen molar-refractivity contribution in [1.29, 1.82) is 0 Å². The number of hydrogen-bond donors (Lipinski definition) is 0. The molecule has 0 atom stereocenters. The maximum absolute atomic E-state index is 6.41. The molecule has 1 heteroatoms. The predicted octanol–water partition coefficient (Wildman–Crippen LogP) is 12.3. The number of benzene rings is 1. The van der Waals surface area contributed by atoms with Gasteiger partial charge in [0.2, 0.25) is 0 Å². The lowest BCUT2D eigenvalue weighted by atomic mass is 9.67. The minimum absolute atomic E-state index is 0.706. The second-order valence-electron chi connectivity index (χ2n) is 14.4. The zero-order chi connectivity index (χ0) is 28.3. The molecule has 0 saturated heterocycles. The molecule has 1 aromatic carbocycles. The minimum Gasteiger partial charge on any atom is -0.496 e. The maximum atomic E-state index is 6.41. The molecule has 0 radical (unpaired) electrons. The Morgan fingerprint density at radius 1 is 0.600 bits per heavy atom. The number of rotatable bonds is 14. The van der Waals surface area contributed by atoms with Crippen molar-refractivity contribution in [3.63, 3.8) is 0 Å². The van der Waals surface area contributed by atoms with Crippen LogP contribution in [-0.2, 0) is 12.8 Å². The van der Waals surface area contributed by atoms with Crippen molar-refractivity contribution < 1.29 is 4.74 Å². The molecular weight excluding hydrogens is 484 g/mol. The Balaban J connectivity index is 1.49. The van der Waals surface area contributed by atoms with Gasteiger partial charge in [0.05, 0.1) is 7.11 Å². The summed E-state index contributed by atoms with van der Waals surface area (Å²) in [5, 5.41) is 0. The third-order valence-corrected chi connectivity index (χ3v) is 11.7. The predicted molar refractivity (Wildman–Crippen MR) is 175 cm³/mol. The molecule has 0 spiro atoms. The molecule has 3 aliphatic carbocycles. The first-order valence-corrected chi connectivity index (χ1v) is 18.4. The second-order valence-corrected chi connectivity index (χ2v) is 14.4. The fraction of sp³-hybridized carbons (Fsp3) is 0.846. The average molecular weight is 551 g/mol. The number of methoxy groups -OCH3 is 1. The fourth-order valence-electron chi connectivity index (χ4n) is 9.53. The van der Waals surface area contributed by atoms with Crippen LogP contribution in [0.2, 0.25) is 0 Å². The molecule has 40 heavy (non-hydrogen) atoms. The van der Waals surface area contributed by atoms with E-state index in [0.717, 1.165) is 29.6 Å². The van der Waals surface area contributed by atoms with Crippen molar-refractivity contribution in [2.24, 2.45) is 23.7 Å². The summed E-state index contributed by atoms with van der Waals surface area (Å²) in [4.78, 5) is 0. The summed E-state index contributed by atoms with van der Waals surface area (Å²) in [5.41, 5.74) is 6.66. The van der Waals surface area contributed by atoms with Crippen molar-refractivity contribution >= 4 is 0 Å². The van der Waals surface area contributed by atoms with Crippen LogP contribution in [0.4, 0.5) is 0 Å². The van der Waals surface area contributed by atoms with Crippen LogP contribution in [0.5, 0.6) is 5.75 Å². The Morgan fingerprint density at radius 3 is 1.75 bits per heavy atom. The standard InChI is InChI=1S/C39H66O/c1-6-10-11-15-30-18-22-34(23-19-30)38-35(13-8-3)28-37(39(40-5)36(38)14-9-4)33-26-24-32(25-27-33)31-20-16-29(12-7-2)17-21-31/h28-34H,6-27H2,1-5H3. The molecule has 0 N–H and O–H groups in total. The Labute approximate surface area is 250 Å². The van der Waals surface area contributed by atoms with Crippen molar-refractivity contribution in [3.8, 4) is 5.75 Å². The van der Waals surface area contributed by atoms with Gasteiger partial charge in [-0.05, 0) is 135 Å². The molecule has 228 valence electrons. The van der Waals surface area contributed by atoms with Crippen molar-refractivity contribution in [2.45, 2.75) is 181 Å². The summed E-state index contributed by atoms with van der Waals surface area (Å²) in [7, 11) is 1.98. The lowest BCUT2D eigenvalue weighted by molar-refractivity contribution is 0.156. The van der Waals surface area contributed by atoms with Gasteiger partial charge in [-0.25, -0.2) is 0 Å². The lowest BCUT2D eigenvalue weighted by Crippen LogP contribution is -2.26. The summed E-state index contributed by atoms with van der Waals surface area (Å²) in [6.07, 6.45) is 30.8. The first-order chi connectivity index (χ1) is 19.6. The highest BCUT2D eigenvalue weighted by Crippen LogP contribution is 2.50. The molecule has 4 rings (SSSR count). The first-order valence-electron chi connectivity index (χ1n) is 18.4. The SMILES string of the molecule is CCCCCC1CCC(c2c(CCC)cc(C3CCC(C4CCC(CCC)CC4)CC3)c(OC)c2CCC)CC1. The molecule has 3 aliphatic rings. The average Bonchev–Trinajstić information content (AvgIpc) is 2.99. The van der Waals surface area contributed by atoms with Crippen LogP contribution in [0.25, 0.3) is 0 Å². The van der Waals surface area contributed by atoms with Gasteiger partial charge >= 0.3 is 0 Å². The summed E-state index contributed by atoms with van der Waals surface area (Å²) in [5.74, 6) is 6.79. The molecule has 1 nitrogen and oxygen atoms in total. The first kappa shape index (κ1) is 31.9. The van der Waals surface area contributed by atoms with Crippen molar-refractivity contribution in [3.05, 3.63) is 28.3 Å². The minimum atomic E-state index is 0.706. The Morgan fingerprint density at radius 2 is 1.18 bits per heavy atom.